The van der Waals surface area contributed by atoms with Gasteiger partial charge in [0.2, 0.25) is 15.9 Å². The number of hydrogen-bond donors (Lipinski definition) is 1. The molecule has 0 unspecified atom stereocenters. The average Bonchev–Trinajstić information content (AvgIpc) is 2.78. The molecular formula is C22H25ClN2O5S. The van der Waals surface area contributed by atoms with Gasteiger partial charge in [0.25, 0.3) is 0 Å². The second kappa shape index (κ2) is 10.2. The monoisotopic (exact) mass is 464 g/mol. The van der Waals surface area contributed by atoms with E-state index in [0.29, 0.717) is 35.1 Å². The van der Waals surface area contributed by atoms with Crippen molar-refractivity contribution in [1.29, 1.82) is 0 Å². The van der Waals surface area contributed by atoms with Crippen molar-refractivity contribution >= 4 is 39.3 Å². The molecule has 1 aliphatic heterocycles. The van der Waals surface area contributed by atoms with E-state index in [2.05, 4.69) is 5.32 Å². The van der Waals surface area contributed by atoms with E-state index in [9.17, 15) is 13.2 Å². The number of piperidine rings is 1. The molecule has 0 atom stereocenters. The first-order chi connectivity index (χ1) is 14.8. The molecular weight excluding hydrogens is 440 g/mol. The predicted octanol–water partition coefficient (Wildman–Crippen LogP) is 4.18. The largest absolute Gasteiger partial charge is 0.495 e. The number of amides is 1. The number of benzene rings is 2. The summed E-state index contributed by atoms with van der Waals surface area (Å²) in [7, 11) is -0.730. The number of hydrogen-bond acceptors (Lipinski definition) is 5. The van der Waals surface area contributed by atoms with Crippen molar-refractivity contribution in [1.82, 2.24) is 4.31 Å². The van der Waals surface area contributed by atoms with Gasteiger partial charge in [-0.05, 0) is 54.8 Å². The van der Waals surface area contributed by atoms with Crippen LogP contribution in [0.1, 0.15) is 24.8 Å². The van der Waals surface area contributed by atoms with Gasteiger partial charge in [0, 0.05) is 24.9 Å². The Balaban J connectivity index is 1.78. The third-order valence-corrected chi connectivity index (χ3v) is 7.18. The number of rotatable bonds is 7. The lowest BCUT2D eigenvalue weighted by atomic mass is 10.2. The zero-order valence-corrected chi connectivity index (χ0v) is 19.0. The molecule has 0 aromatic heterocycles. The molecule has 9 heteroatoms. The number of methoxy groups -OCH3 is 2. The molecule has 1 amide bonds. The SMILES string of the molecule is COc1ccc(NC(=O)C=Cc2ccc(OC)c(S(=O)(=O)N3CCCCC3)c2)cc1Cl. The lowest BCUT2D eigenvalue weighted by Crippen LogP contribution is -2.35. The van der Waals surface area contributed by atoms with Crippen molar-refractivity contribution in [2.45, 2.75) is 24.2 Å². The van der Waals surface area contributed by atoms with Crippen LogP contribution < -0.4 is 14.8 Å². The molecule has 0 bridgehead atoms. The molecule has 1 N–H and O–H groups in total. The van der Waals surface area contributed by atoms with Crippen LogP contribution in [0.25, 0.3) is 6.08 Å². The van der Waals surface area contributed by atoms with E-state index >= 15 is 0 Å². The van der Waals surface area contributed by atoms with Gasteiger partial charge in [0.05, 0.1) is 19.2 Å². The first-order valence-electron chi connectivity index (χ1n) is 9.86. The third kappa shape index (κ3) is 5.58. The Hall–Kier alpha value is -2.55. The van der Waals surface area contributed by atoms with Crippen LogP contribution in [-0.2, 0) is 14.8 Å². The number of sulfonamides is 1. The third-order valence-electron chi connectivity index (χ3n) is 4.97. The molecule has 31 heavy (non-hydrogen) atoms. The Kier molecular flexibility index (Phi) is 7.59. The zero-order valence-electron chi connectivity index (χ0n) is 17.4. The minimum Gasteiger partial charge on any atom is -0.495 e. The van der Waals surface area contributed by atoms with Gasteiger partial charge in [-0.3, -0.25) is 4.79 Å². The normalized spacial score (nSPS) is 15.1. The molecule has 0 radical (unpaired) electrons. The van der Waals surface area contributed by atoms with Crippen LogP contribution in [0.3, 0.4) is 0 Å². The quantitative estimate of drug-likeness (QED) is 0.621. The number of nitrogens with one attached hydrogen (secondary N) is 1. The van der Waals surface area contributed by atoms with Gasteiger partial charge in [-0.25, -0.2) is 8.42 Å². The van der Waals surface area contributed by atoms with Gasteiger partial charge in [0.1, 0.15) is 16.4 Å². The second-order valence-electron chi connectivity index (χ2n) is 7.05. The molecule has 0 saturated carbocycles. The van der Waals surface area contributed by atoms with E-state index in [-0.39, 0.29) is 16.6 Å². The molecule has 166 valence electrons. The molecule has 1 fully saturated rings. The van der Waals surface area contributed by atoms with Crippen molar-refractivity contribution in [3.05, 3.63) is 53.1 Å². The Bertz CT molecular complexity index is 1080. The van der Waals surface area contributed by atoms with Crippen LogP contribution >= 0.6 is 11.6 Å². The maximum absolute atomic E-state index is 13.1. The Morgan fingerprint density at radius 3 is 2.35 bits per heavy atom. The minimum atomic E-state index is -3.68. The van der Waals surface area contributed by atoms with E-state index in [1.54, 1.807) is 36.4 Å². The highest BCUT2D eigenvalue weighted by atomic mass is 35.5. The highest BCUT2D eigenvalue weighted by Crippen LogP contribution is 2.30. The van der Waals surface area contributed by atoms with Crippen molar-refractivity contribution in [2.75, 3.05) is 32.6 Å². The Morgan fingerprint density at radius 2 is 1.71 bits per heavy atom. The van der Waals surface area contributed by atoms with Crippen molar-refractivity contribution < 1.29 is 22.7 Å². The summed E-state index contributed by atoms with van der Waals surface area (Å²) in [6, 6.07) is 9.73. The second-order valence-corrected chi connectivity index (χ2v) is 9.36. The van der Waals surface area contributed by atoms with E-state index in [0.717, 1.165) is 19.3 Å². The van der Waals surface area contributed by atoms with E-state index in [4.69, 9.17) is 21.1 Å². The number of ether oxygens (including phenoxy) is 2. The van der Waals surface area contributed by atoms with E-state index in [1.807, 2.05) is 0 Å². The summed E-state index contributed by atoms with van der Waals surface area (Å²) >= 11 is 6.07. The number of halogens is 1. The van der Waals surface area contributed by atoms with Crippen LogP contribution in [0, 0.1) is 0 Å². The molecule has 1 saturated heterocycles. The summed E-state index contributed by atoms with van der Waals surface area (Å²) in [5.41, 5.74) is 1.09. The summed E-state index contributed by atoms with van der Waals surface area (Å²) in [5.74, 6) is 0.411. The lowest BCUT2D eigenvalue weighted by molar-refractivity contribution is -0.111. The topological polar surface area (TPSA) is 84.9 Å². The fourth-order valence-corrected chi connectivity index (χ4v) is 5.31. The van der Waals surface area contributed by atoms with Crippen molar-refractivity contribution in [3.8, 4) is 11.5 Å². The highest BCUT2D eigenvalue weighted by molar-refractivity contribution is 7.89. The van der Waals surface area contributed by atoms with Crippen LogP contribution in [0.4, 0.5) is 5.69 Å². The fraction of sp³-hybridized carbons (Fsp3) is 0.318. The molecule has 1 aliphatic rings. The van der Waals surface area contributed by atoms with E-state index in [1.165, 1.54) is 30.7 Å². The molecule has 0 aliphatic carbocycles. The minimum absolute atomic E-state index is 0.0985. The summed E-state index contributed by atoms with van der Waals surface area (Å²) in [4.78, 5) is 12.4. The van der Waals surface area contributed by atoms with Crippen molar-refractivity contribution in [3.63, 3.8) is 0 Å². The molecule has 2 aromatic carbocycles. The molecule has 7 nitrogen and oxygen atoms in total. The lowest BCUT2D eigenvalue weighted by Gasteiger charge is -2.26. The van der Waals surface area contributed by atoms with Gasteiger partial charge in [0.15, 0.2) is 0 Å². The van der Waals surface area contributed by atoms with Crippen LogP contribution in [0.2, 0.25) is 5.02 Å². The molecule has 2 aromatic rings. The van der Waals surface area contributed by atoms with E-state index < -0.39 is 10.0 Å². The van der Waals surface area contributed by atoms with Gasteiger partial charge in [-0.2, -0.15) is 4.31 Å². The van der Waals surface area contributed by atoms with Gasteiger partial charge < -0.3 is 14.8 Å². The maximum Gasteiger partial charge on any atom is 0.248 e. The fourth-order valence-electron chi connectivity index (χ4n) is 3.34. The Labute approximate surface area is 187 Å². The highest BCUT2D eigenvalue weighted by Gasteiger charge is 2.29. The molecule has 3 rings (SSSR count). The Morgan fingerprint density at radius 1 is 1.03 bits per heavy atom. The van der Waals surface area contributed by atoms with Gasteiger partial charge in [-0.15, -0.1) is 0 Å². The first-order valence-corrected chi connectivity index (χ1v) is 11.7. The molecule has 1 heterocycles. The van der Waals surface area contributed by atoms with Gasteiger partial charge >= 0.3 is 0 Å². The summed E-state index contributed by atoms with van der Waals surface area (Å²) < 4.78 is 38.1. The predicted molar refractivity (Wildman–Crippen MR) is 121 cm³/mol. The summed E-state index contributed by atoms with van der Waals surface area (Å²) in [5, 5.41) is 3.09. The maximum atomic E-state index is 13.1. The van der Waals surface area contributed by atoms with Crippen LogP contribution in [0.5, 0.6) is 11.5 Å². The average molecular weight is 465 g/mol. The summed E-state index contributed by atoms with van der Waals surface area (Å²) in [6.45, 7) is 0.997. The number of anilines is 1. The smallest absolute Gasteiger partial charge is 0.248 e. The van der Waals surface area contributed by atoms with Crippen LogP contribution in [0.15, 0.2) is 47.4 Å². The summed E-state index contributed by atoms with van der Waals surface area (Å²) in [6.07, 6.45) is 5.60. The first kappa shape index (κ1) is 23.1. The zero-order chi connectivity index (χ0) is 22.4. The standard InChI is InChI=1S/C22H25ClN2O5S/c1-29-19-10-8-17(15-18(19)23)24-22(26)11-7-16-6-9-20(30-2)21(14-16)31(27,28)25-12-4-3-5-13-25/h6-11,14-15H,3-5,12-13H2,1-2H3,(H,24,26). The van der Waals surface area contributed by atoms with Crippen LogP contribution in [-0.4, -0.2) is 45.9 Å². The van der Waals surface area contributed by atoms with Gasteiger partial charge in [-0.1, -0.05) is 24.1 Å². The molecule has 0 spiro atoms. The number of carbonyl (C=O) groups is 1. The number of nitrogens with zero attached hydrogens (tertiary/aromatic N) is 1. The van der Waals surface area contributed by atoms with Crippen molar-refractivity contribution in [2.24, 2.45) is 0 Å². The number of carbonyl (C=O) groups excluding carboxylic acids is 1.